The van der Waals surface area contributed by atoms with Crippen molar-refractivity contribution in [3.05, 3.63) is 94.1 Å². The van der Waals surface area contributed by atoms with Crippen molar-refractivity contribution >= 4 is 79.9 Å². The van der Waals surface area contributed by atoms with Crippen molar-refractivity contribution in [1.82, 2.24) is 41.0 Å². The lowest BCUT2D eigenvalue weighted by Gasteiger charge is -2.33. The number of thiophene rings is 1. The number of hydrogen-bond donors (Lipinski definition) is 6. The van der Waals surface area contributed by atoms with Gasteiger partial charge in [-0.05, 0) is 111 Å². The van der Waals surface area contributed by atoms with Crippen molar-refractivity contribution in [1.29, 1.82) is 0 Å². The van der Waals surface area contributed by atoms with E-state index < -0.39 is 23.5 Å². The van der Waals surface area contributed by atoms with Crippen molar-refractivity contribution < 1.29 is 52.9 Å². The number of likely N-dealkylation sites (tertiary alicyclic amines) is 1. The van der Waals surface area contributed by atoms with Gasteiger partial charge in [0.1, 0.15) is 18.3 Å². The predicted octanol–water partition coefficient (Wildman–Crippen LogP) is 7.46. The number of aryl methyl sites for hydroxylation is 2. The second-order valence-electron chi connectivity index (χ2n) is 23.5. The fourth-order valence-electron chi connectivity index (χ4n) is 10.9. The number of ether oxygens (including phenoxy) is 3. The molecule has 6 N–H and O–H groups in total. The standard InChI is InChI=1S/C64H89N9O11S2/c1-7-72(49-15-13-14-43(2)36-49)57(77)41-73-51-26-35-85-54(51)37-52(73)62(80)69-48-23-21-47(22-24-48)60(78)66-27-12-10-8-9-11-16-55(75)65-28-30-83-32-34-84-33-31-82-29-25-56(76)70-59(64(4,5)6)63(81)71-39-50(53(74)40-71)61(79)67-38-45-17-19-46(20-18-45)58-44(3)68-42-86-58/h13-15,17-20,26,35-37,42,47-48,50,53,59,74H,7-12,16,21-25,27-34,38-41H2,1-6H3,(H,65,75)(H,66,78)(H,67,79)(H,69,80)(H,70,76)/t47?,48?,50-,53-,59+/m1/s1. The van der Waals surface area contributed by atoms with Gasteiger partial charge in [-0.1, -0.05) is 76.4 Å². The highest BCUT2D eigenvalue weighted by Crippen LogP contribution is 2.31. The molecule has 86 heavy (non-hydrogen) atoms. The number of thiazole rings is 1. The molecule has 0 unspecified atom stereocenters. The van der Waals surface area contributed by atoms with Crippen molar-refractivity contribution in [3.8, 4) is 10.4 Å². The van der Waals surface area contributed by atoms with Crippen LogP contribution in [0, 0.1) is 31.1 Å². The Bertz CT molecular complexity index is 3020. The summed E-state index contributed by atoms with van der Waals surface area (Å²) < 4.78 is 19.5. The van der Waals surface area contributed by atoms with Gasteiger partial charge in [0.05, 0.1) is 78.0 Å². The Hall–Kier alpha value is -6.56. The summed E-state index contributed by atoms with van der Waals surface area (Å²) in [4.78, 5) is 101. The Morgan fingerprint density at radius 3 is 2.16 bits per heavy atom. The highest BCUT2D eigenvalue weighted by Gasteiger charge is 2.43. The van der Waals surface area contributed by atoms with Gasteiger partial charge in [0.2, 0.25) is 35.4 Å². The molecule has 20 nitrogen and oxygen atoms in total. The van der Waals surface area contributed by atoms with Crippen LogP contribution in [-0.4, -0.2) is 151 Å². The average Bonchev–Trinajstić information content (AvgIpc) is 2.59. The number of fused-ring (bicyclic) bond motifs is 1. The smallest absolute Gasteiger partial charge is 0.268 e. The van der Waals surface area contributed by atoms with E-state index in [1.807, 2.05) is 118 Å². The van der Waals surface area contributed by atoms with E-state index in [2.05, 4.69) is 31.6 Å². The fraction of sp³-hybridized carbons (Fsp3) is 0.562. The summed E-state index contributed by atoms with van der Waals surface area (Å²) >= 11 is 3.12. The van der Waals surface area contributed by atoms with Crippen molar-refractivity contribution in [3.63, 3.8) is 0 Å². The van der Waals surface area contributed by atoms with Crippen LogP contribution in [0.4, 0.5) is 5.69 Å². The molecule has 0 radical (unpaired) electrons. The number of benzene rings is 2. The van der Waals surface area contributed by atoms with E-state index in [-0.39, 0.29) is 99.1 Å². The van der Waals surface area contributed by atoms with Gasteiger partial charge in [-0.25, -0.2) is 4.98 Å². The zero-order valence-corrected chi connectivity index (χ0v) is 52.6. The Labute approximate surface area is 513 Å². The summed E-state index contributed by atoms with van der Waals surface area (Å²) in [7, 11) is 0. The van der Waals surface area contributed by atoms with Gasteiger partial charge in [0.15, 0.2) is 0 Å². The van der Waals surface area contributed by atoms with Gasteiger partial charge in [-0.15, -0.1) is 22.7 Å². The number of β-amino-alcohol motifs (C(OH)–C–C–N with tert-alkyl or cyclic N) is 1. The molecule has 4 heterocycles. The molecular formula is C64H89N9O11S2. The third-order valence-electron chi connectivity index (χ3n) is 15.9. The molecule has 0 bridgehead atoms. The van der Waals surface area contributed by atoms with Crippen LogP contribution in [0.5, 0.6) is 0 Å². The van der Waals surface area contributed by atoms with Gasteiger partial charge >= 0.3 is 0 Å². The second-order valence-corrected chi connectivity index (χ2v) is 25.3. The van der Waals surface area contributed by atoms with Gasteiger partial charge < -0.3 is 60.3 Å². The summed E-state index contributed by atoms with van der Waals surface area (Å²) in [5.41, 5.74) is 7.33. The van der Waals surface area contributed by atoms with Crippen LogP contribution >= 0.6 is 22.7 Å². The number of carbonyl (C=O) groups excluding carboxylic acids is 7. The average molecular weight is 1220 g/mol. The molecule has 2 aliphatic rings. The van der Waals surface area contributed by atoms with Crippen molar-refractivity contribution in [2.75, 3.05) is 77.3 Å². The number of anilines is 1. The molecule has 3 atom stereocenters. The number of amides is 7. The van der Waals surface area contributed by atoms with E-state index in [1.165, 1.54) is 4.90 Å². The lowest BCUT2D eigenvalue weighted by atomic mass is 9.85. The Balaban J connectivity index is 0.647. The first-order chi connectivity index (χ1) is 41.4. The molecule has 1 aliphatic heterocycles. The summed E-state index contributed by atoms with van der Waals surface area (Å²) in [5.74, 6) is -2.19. The van der Waals surface area contributed by atoms with E-state index in [4.69, 9.17) is 14.2 Å². The van der Waals surface area contributed by atoms with E-state index in [9.17, 15) is 38.7 Å². The van der Waals surface area contributed by atoms with Crippen LogP contribution in [0.15, 0.2) is 71.6 Å². The molecule has 7 amide bonds. The molecule has 1 saturated heterocycles. The highest BCUT2D eigenvalue weighted by atomic mass is 32.1. The first-order valence-electron chi connectivity index (χ1n) is 30.5. The summed E-state index contributed by atoms with van der Waals surface area (Å²) in [5, 5.41) is 27.8. The van der Waals surface area contributed by atoms with Crippen LogP contribution in [-0.2, 0) is 56.1 Å². The SMILES string of the molecule is CCN(C(=O)Cn1c(C(=O)NC2CCC(C(=O)NCCCCCCCC(=O)NCCOCCOCCOCCC(=O)N[C@@H](C(=O)N3C[C@@H](O)[C@H](C(=O)NCc4ccc(-c5scnc5C)cc4)C3)C(C)(C)C)CC2)cc2sccc21)c1cccc(C)c1. The van der Waals surface area contributed by atoms with E-state index in [0.717, 1.165) is 75.3 Å². The lowest BCUT2D eigenvalue weighted by Crippen LogP contribution is -2.54. The van der Waals surface area contributed by atoms with Crippen LogP contribution < -0.4 is 31.5 Å². The third-order valence-corrected chi connectivity index (χ3v) is 17.7. The number of nitrogens with one attached hydrogen (secondary N) is 5. The van der Waals surface area contributed by atoms with Crippen LogP contribution in [0.25, 0.3) is 20.7 Å². The van der Waals surface area contributed by atoms with Crippen molar-refractivity contribution in [2.45, 2.75) is 143 Å². The van der Waals surface area contributed by atoms with E-state index >= 15 is 0 Å². The third kappa shape index (κ3) is 20.0. The van der Waals surface area contributed by atoms with E-state index in [1.54, 1.807) is 27.6 Å². The summed E-state index contributed by atoms with van der Waals surface area (Å²) in [6, 6.07) is 18.6. The number of unbranched alkanes of at least 4 members (excludes halogenated alkanes) is 4. The van der Waals surface area contributed by atoms with Crippen LogP contribution in [0.2, 0.25) is 0 Å². The number of aliphatic hydroxyl groups excluding tert-OH is 1. The minimum absolute atomic E-state index is 0.0144. The number of nitrogens with zero attached hydrogens (tertiary/aromatic N) is 4. The topological polar surface area (TPSA) is 252 Å². The zero-order chi connectivity index (χ0) is 61.6. The Morgan fingerprint density at radius 2 is 1.47 bits per heavy atom. The number of aromatic nitrogens is 2. The molecule has 3 aromatic heterocycles. The van der Waals surface area contributed by atoms with Crippen molar-refractivity contribution in [2.24, 2.45) is 17.3 Å². The number of likely N-dealkylation sites (N-methyl/N-ethyl adjacent to an activating group) is 1. The molecule has 0 spiro atoms. The molecule has 1 aliphatic carbocycles. The highest BCUT2D eigenvalue weighted by molar-refractivity contribution is 7.17. The maximum atomic E-state index is 13.8. The molecule has 468 valence electrons. The first kappa shape index (κ1) is 67.0. The number of aliphatic hydroxyl groups is 1. The number of rotatable bonds is 33. The normalized spacial score (nSPS) is 17.3. The summed E-state index contributed by atoms with van der Waals surface area (Å²) in [6.45, 7) is 15.1. The molecule has 7 rings (SSSR count). The lowest BCUT2D eigenvalue weighted by molar-refractivity contribution is -0.139. The molecule has 2 aromatic carbocycles. The molecule has 1 saturated carbocycles. The largest absolute Gasteiger partial charge is 0.390 e. The molecular weight excluding hydrogens is 1130 g/mol. The number of carbonyl (C=O) groups is 7. The van der Waals surface area contributed by atoms with Gasteiger partial charge in [0.25, 0.3) is 5.91 Å². The fourth-order valence-corrected chi connectivity index (χ4v) is 12.6. The molecule has 5 aromatic rings. The van der Waals surface area contributed by atoms with Gasteiger partial charge in [0, 0.05) is 69.8 Å². The molecule has 2 fully saturated rings. The molecule has 22 heteroatoms. The quantitative estimate of drug-likeness (QED) is 0.0224. The minimum atomic E-state index is -1.04. The summed E-state index contributed by atoms with van der Waals surface area (Å²) in [6.07, 6.45) is 6.74. The minimum Gasteiger partial charge on any atom is -0.390 e. The number of hydrogen-bond acceptors (Lipinski definition) is 14. The van der Waals surface area contributed by atoms with Gasteiger partial charge in [-0.2, -0.15) is 0 Å². The van der Waals surface area contributed by atoms with Crippen LogP contribution in [0.3, 0.4) is 0 Å². The Morgan fingerprint density at radius 1 is 0.756 bits per heavy atom. The maximum Gasteiger partial charge on any atom is 0.268 e. The second kappa shape index (κ2) is 33.5. The zero-order valence-electron chi connectivity index (χ0n) is 50.9. The van der Waals surface area contributed by atoms with E-state index in [0.29, 0.717) is 83.9 Å². The monoisotopic (exact) mass is 1220 g/mol. The maximum absolute atomic E-state index is 13.8. The van der Waals surface area contributed by atoms with Crippen LogP contribution in [0.1, 0.15) is 126 Å². The Kier molecular flexibility index (Phi) is 26.1. The van der Waals surface area contributed by atoms with Gasteiger partial charge in [-0.3, -0.25) is 33.6 Å². The predicted molar refractivity (Wildman–Crippen MR) is 335 cm³/mol. The first-order valence-corrected chi connectivity index (χ1v) is 32.2.